The number of alkyl halides is 2. The molecule has 0 saturated carbocycles. The maximum atomic E-state index is 12.8. The summed E-state index contributed by atoms with van der Waals surface area (Å²) in [4.78, 5) is 8.40. The molecule has 9 heteroatoms. The lowest BCUT2D eigenvalue weighted by molar-refractivity contribution is -0.0520. The molecule has 0 amide bonds. The van der Waals surface area contributed by atoms with Crippen molar-refractivity contribution in [2.24, 2.45) is 4.99 Å². The van der Waals surface area contributed by atoms with Gasteiger partial charge in [0.1, 0.15) is 0 Å². The lowest BCUT2D eigenvalue weighted by Gasteiger charge is -2.17. The molecule has 2 rings (SSSR count). The number of nitrogens with one attached hydrogen (secondary N) is 2. The fraction of sp³-hybridized carbons (Fsp3) is 0.368. The first-order valence-corrected chi connectivity index (χ1v) is 8.68. The van der Waals surface area contributed by atoms with E-state index in [2.05, 4.69) is 25.3 Å². The Morgan fingerprint density at radius 2 is 2.00 bits per heavy atom. The monoisotopic (exact) mass is 506 g/mol. The molecule has 0 radical (unpaired) electrons. The molecule has 0 aliphatic rings. The van der Waals surface area contributed by atoms with Crippen LogP contribution in [0.4, 0.5) is 8.78 Å². The Morgan fingerprint density at radius 1 is 1.18 bits per heavy atom. The second-order valence-corrected chi connectivity index (χ2v) is 5.48. The van der Waals surface area contributed by atoms with Crippen LogP contribution in [0, 0.1) is 0 Å². The van der Waals surface area contributed by atoms with Crippen molar-refractivity contribution in [2.75, 3.05) is 20.2 Å². The summed E-state index contributed by atoms with van der Waals surface area (Å²) in [5.41, 5.74) is 1.52. The van der Waals surface area contributed by atoms with Gasteiger partial charge in [0.05, 0.1) is 6.61 Å². The lowest BCUT2D eigenvalue weighted by atomic mass is 10.2. The minimum Gasteiger partial charge on any atom is -0.490 e. The molecule has 0 aliphatic carbocycles. The van der Waals surface area contributed by atoms with Crippen molar-refractivity contribution in [3.05, 3.63) is 53.9 Å². The molecule has 0 unspecified atom stereocenters. The Kier molecular flexibility index (Phi) is 11.2. The van der Waals surface area contributed by atoms with E-state index >= 15 is 0 Å². The molecule has 154 valence electrons. The summed E-state index contributed by atoms with van der Waals surface area (Å²) in [6.45, 7) is 0.0983. The van der Waals surface area contributed by atoms with E-state index in [1.165, 1.54) is 0 Å². The number of para-hydroxylation sites is 1. The van der Waals surface area contributed by atoms with Crippen molar-refractivity contribution in [1.82, 2.24) is 15.6 Å². The topological polar surface area (TPSA) is 67.8 Å². The van der Waals surface area contributed by atoms with Gasteiger partial charge in [0.15, 0.2) is 17.5 Å². The van der Waals surface area contributed by atoms with E-state index in [-0.39, 0.29) is 42.0 Å². The SMILES string of the molecule is CCOc1cccc(CNC(=NC)NCCc2ccccn2)c1OC(F)F.I. The first kappa shape index (κ1) is 23.9. The number of nitrogens with zero attached hydrogens (tertiary/aromatic N) is 2. The highest BCUT2D eigenvalue weighted by Gasteiger charge is 2.16. The summed E-state index contributed by atoms with van der Waals surface area (Å²) in [5, 5.41) is 6.26. The molecule has 0 fully saturated rings. The number of aliphatic imine (C=N–C) groups is 1. The Balaban J connectivity index is 0.00000392. The predicted octanol–water partition coefficient (Wildman–Crippen LogP) is 3.61. The van der Waals surface area contributed by atoms with Crippen LogP contribution in [0.25, 0.3) is 0 Å². The number of hydrogen-bond donors (Lipinski definition) is 2. The van der Waals surface area contributed by atoms with Gasteiger partial charge >= 0.3 is 6.61 Å². The highest BCUT2D eigenvalue weighted by atomic mass is 127. The molecule has 0 spiro atoms. The van der Waals surface area contributed by atoms with Gasteiger partial charge < -0.3 is 20.1 Å². The summed E-state index contributed by atoms with van der Waals surface area (Å²) in [6.07, 6.45) is 2.49. The molecule has 0 atom stereocenters. The highest BCUT2D eigenvalue weighted by Crippen LogP contribution is 2.32. The first-order valence-electron chi connectivity index (χ1n) is 8.68. The second kappa shape index (κ2) is 13.1. The normalized spacial score (nSPS) is 11.0. The Hall–Kier alpha value is -2.17. The van der Waals surface area contributed by atoms with Gasteiger partial charge in [-0.1, -0.05) is 18.2 Å². The van der Waals surface area contributed by atoms with Gasteiger partial charge in [0, 0.05) is 44.0 Å². The van der Waals surface area contributed by atoms with Gasteiger partial charge in [-0.25, -0.2) is 0 Å². The van der Waals surface area contributed by atoms with E-state index in [1.807, 2.05) is 18.2 Å². The molecule has 0 aliphatic heterocycles. The fourth-order valence-corrected chi connectivity index (χ4v) is 2.45. The summed E-state index contributed by atoms with van der Waals surface area (Å²) >= 11 is 0. The third-order valence-corrected chi connectivity index (χ3v) is 3.64. The molecule has 0 saturated heterocycles. The minimum absolute atomic E-state index is 0. The number of guanidine groups is 1. The highest BCUT2D eigenvalue weighted by molar-refractivity contribution is 14.0. The first-order chi connectivity index (χ1) is 13.1. The molecule has 2 N–H and O–H groups in total. The van der Waals surface area contributed by atoms with Crippen molar-refractivity contribution in [2.45, 2.75) is 26.5 Å². The smallest absolute Gasteiger partial charge is 0.387 e. The van der Waals surface area contributed by atoms with E-state index in [0.717, 1.165) is 12.1 Å². The molecule has 1 heterocycles. The molecule has 1 aromatic heterocycles. The molecule has 28 heavy (non-hydrogen) atoms. The van der Waals surface area contributed by atoms with Crippen molar-refractivity contribution in [3.8, 4) is 11.5 Å². The summed E-state index contributed by atoms with van der Waals surface area (Å²) in [6, 6.07) is 10.8. The maximum absolute atomic E-state index is 12.8. The van der Waals surface area contributed by atoms with Gasteiger partial charge in [-0.2, -0.15) is 8.78 Å². The number of hydrogen-bond acceptors (Lipinski definition) is 4. The molecule has 6 nitrogen and oxygen atoms in total. The van der Waals surface area contributed by atoms with E-state index in [4.69, 9.17) is 4.74 Å². The van der Waals surface area contributed by atoms with Crippen molar-refractivity contribution in [3.63, 3.8) is 0 Å². The van der Waals surface area contributed by atoms with Crippen LogP contribution in [-0.4, -0.2) is 37.8 Å². The number of rotatable bonds is 9. The fourth-order valence-electron chi connectivity index (χ4n) is 2.45. The van der Waals surface area contributed by atoms with Crippen molar-refractivity contribution in [1.29, 1.82) is 0 Å². The quantitative estimate of drug-likeness (QED) is 0.309. The molecular weight excluding hydrogens is 481 g/mol. The standard InChI is InChI=1S/C19H24F2N4O2.HI/c1-3-26-16-9-6-7-14(17(16)27-18(20)21)13-25-19(22-2)24-12-10-15-8-4-5-11-23-15;/h4-9,11,18H,3,10,12-13H2,1-2H3,(H2,22,24,25);1H. The van der Waals surface area contributed by atoms with Crippen LogP contribution in [-0.2, 0) is 13.0 Å². The number of benzene rings is 1. The van der Waals surface area contributed by atoms with E-state index in [9.17, 15) is 8.78 Å². The zero-order valence-corrected chi connectivity index (χ0v) is 18.2. The summed E-state index contributed by atoms with van der Waals surface area (Å²) in [7, 11) is 1.64. The third-order valence-electron chi connectivity index (χ3n) is 3.64. The van der Waals surface area contributed by atoms with Crippen LogP contribution in [0.2, 0.25) is 0 Å². The van der Waals surface area contributed by atoms with Gasteiger partial charge in [-0.15, -0.1) is 24.0 Å². The Morgan fingerprint density at radius 3 is 2.64 bits per heavy atom. The van der Waals surface area contributed by atoms with E-state index < -0.39 is 6.61 Å². The molecule has 1 aromatic carbocycles. The van der Waals surface area contributed by atoms with E-state index in [1.54, 1.807) is 38.4 Å². The zero-order valence-electron chi connectivity index (χ0n) is 15.8. The van der Waals surface area contributed by atoms with Crippen LogP contribution in [0.15, 0.2) is 47.6 Å². The maximum Gasteiger partial charge on any atom is 0.387 e. The van der Waals surface area contributed by atoms with Gasteiger partial charge in [0.25, 0.3) is 0 Å². The second-order valence-electron chi connectivity index (χ2n) is 5.48. The van der Waals surface area contributed by atoms with Crippen LogP contribution in [0.5, 0.6) is 11.5 Å². The molecule has 0 bridgehead atoms. The van der Waals surface area contributed by atoms with Crippen LogP contribution in [0.3, 0.4) is 0 Å². The average molecular weight is 506 g/mol. The van der Waals surface area contributed by atoms with Gasteiger partial charge in [-0.05, 0) is 25.1 Å². The van der Waals surface area contributed by atoms with Gasteiger partial charge in [0.2, 0.25) is 0 Å². The minimum atomic E-state index is -2.93. The number of aromatic nitrogens is 1. The number of pyridine rings is 1. The van der Waals surface area contributed by atoms with Crippen LogP contribution >= 0.6 is 24.0 Å². The Bertz CT molecular complexity index is 733. The van der Waals surface area contributed by atoms with Crippen LogP contribution in [0.1, 0.15) is 18.2 Å². The molecular formula is C19H25F2IN4O2. The average Bonchev–Trinajstić information content (AvgIpc) is 2.67. The molecule has 2 aromatic rings. The van der Waals surface area contributed by atoms with Gasteiger partial charge in [-0.3, -0.25) is 9.98 Å². The Labute approximate surface area is 180 Å². The van der Waals surface area contributed by atoms with Crippen molar-refractivity contribution >= 4 is 29.9 Å². The predicted molar refractivity (Wildman–Crippen MR) is 116 cm³/mol. The zero-order chi connectivity index (χ0) is 19.5. The third kappa shape index (κ3) is 7.83. The largest absolute Gasteiger partial charge is 0.490 e. The van der Waals surface area contributed by atoms with Crippen LogP contribution < -0.4 is 20.1 Å². The number of ether oxygens (including phenoxy) is 2. The van der Waals surface area contributed by atoms with E-state index in [0.29, 0.717) is 24.7 Å². The summed E-state index contributed by atoms with van der Waals surface area (Å²) in [5.74, 6) is 0.872. The van der Waals surface area contributed by atoms with Crippen molar-refractivity contribution < 1.29 is 18.3 Å². The number of halogens is 3. The summed E-state index contributed by atoms with van der Waals surface area (Å²) < 4.78 is 35.6. The lowest BCUT2D eigenvalue weighted by Crippen LogP contribution is -2.38.